The summed E-state index contributed by atoms with van der Waals surface area (Å²) in [6, 6.07) is 14.2. The molecule has 212 valence electrons. The summed E-state index contributed by atoms with van der Waals surface area (Å²) < 4.78 is 66.3. The third kappa shape index (κ3) is 8.78. The second kappa shape index (κ2) is 13.8. The van der Waals surface area contributed by atoms with E-state index in [4.69, 9.17) is 0 Å². The van der Waals surface area contributed by atoms with Crippen LogP contribution in [0.2, 0.25) is 0 Å². The van der Waals surface area contributed by atoms with Crippen LogP contribution < -0.4 is 0 Å². The van der Waals surface area contributed by atoms with Crippen LogP contribution in [-0.4, -0.2) is 6.18 Å². The first kappa shape index (κ1) is 29.6. The number of halogens is 5. The van der Waals surface area contributed by atoms with Crippen LogP contribution in [0.3, 0.4) is 0 Å². The molecule has 0 unspecified atom stereocenters. The fourth-order valence-corrected chi connectivity index (χ4v) is 6.28. The smallest absolute Gasteiger partial charge is 0.212 e. The van der Waals surface area contributed by atoms with Crippen molar-refractivity contribution in [2.75, 3.05) is 0 Å². The van der Waals surface area contributed by atoms with E-state index in [9.17, 15) is 17.6 Å². The topological polar surface area (TPSA) is 0 Å². The molecule has 0 saturated heterocycles. The van der Waals surface area contributed by atoms with E-state index in [2.05, 4.69) is 43.3 Å². The highest BCUT2D eigenvalue weighted by atomic mass is 19.4. The second-order valence-electron chi connectivity index (χ2n) is 11.6. The summed E-state index contributed by atoms with van der Waals surface area (Å²) in [4.78, 5) is 0. The lowest BCUT2D eigenvalue weighted by Gasteiger charge is -2.29. The molecule has 2 aliphatic rings. The molecule has 0 amide bonds. The maximum atomic E-state index is 15.2. The fourth-order valence-electron chi connectivity index (χ4n) is 6.28. The van der Waals surface area contributed by atoms with Gasteiger partial charge in [0.15, 0.2) is 0 Å². The Hall–Kier alpha value is -2.43. The Balaban J connectivity index is 1.25. The predicted molar refractivity (Wildman–Crippen MR) is 150 cm³/mol. The first-order valence-electron chi connectivity index (χ1n) is 14.7. The largest absolute Gasteiger partial charge is 0.412 e. The van der Waals surface area contributed by atoms with Crippen LogP contribution in [0.15, 0.2) is 66.5 Å². The molecule has 0 heterocycles. The van der Waals surface area contributed by atoms with Crippen molar-refractivity contribution in [2.24, 2.45) is 17.8 Å². The molecule has 2 aromatic carbocycles. The summed E-state index contributed by atoms with van der Waals surface area (Å²) in [5, 5.41) is 0. The van der Waals surface area contributed by atoms with E-state index < -0.39 is 17.9 Å². The zero-order valence-electron chi connectivity index (χ0n) is 23.0. The molecular weight excluding hydrogens is 503 g/mol. The number of alkyl halides is 3. The average Bonchev–Trinajstić information content (AvgIpc) is 2.92. The van der Waals surface area contributed by atoms with Crippen LogP contribution in [0, 0.1) is 23.6 Å². The highest BCUT2D eigenvalue weighted by Crippen LogP contribution is 2.40. The van der Waals surface area contributed by atoms with E-state index in [0.717, 1.165) is 61.6 Å². The Kier molecular flexibility index (Phi) is 10.4. The number of allylic oxidation sites excluding steroid dienone is 4. The molecule has 2 aromatic rings. The number of rotatable bonds is 9. The molecule has 0 aromatic heterocycles. The lowest BCUT2D eigenvalue weighted by atomic mass is 9.77. The summed E-state index contributed by atoms with van der Waals surface area (Å²) >= 11 is 0. The van der Waals surface area contributed by atoms with Gasteiger partial charge in [-0.15, -0.1) is 0 Å². The van der Waals surface area contributed by atoms with Crippen molar-refractivity contribution < 1.29 is 22.0 Å². The molecule has 39 heavy (non-hydrogen) atoms. The van der Waals surface area contributed by atoms with Gasteiger partial charge in [-0.05, 0) is 110 Å². The van der Waals surface area contributed by atoms with Gasteiger partial charge in [0.25, 0.3) is 0 Å². The van der Waals surface area contributed by atoms with Crippen LogP contribution in [0.25, 0.3) is 11.1 Å². The van der Waals surface area contributed by atoms with Gasteiger partial charge in [0.1, 0.15) is 11.6 Å². The molecule has 2 aliphatic carbocycles. The van der Waals surface area contributed by atoms with Gasteiger partial charge in [0.2, 0.25) is 0 Å². The van der Waals surface area contributed by atoms with Crippen molar-refractivity contribution in [1.29, 1.82) is 0 Å². The molecule has 2 saturated carbocycles. The van der Waals surface area contributed by atoms with E-state index in [1.54, 1.807) is 6.07 Å². The highest BCUT2D eigenvalue weighted by Gasteiger charge is 2.30. The van der Waals surface area contributed by atoms with Crippen LogP contribution in [0.1, 0.15) is 94.6 Å². The number of aryl methyl sites for hydroxylation is 1. The molecule has 2 fully saturated rings. The lowest BCUT2D eigenvalue weighted by molar-refractivity contribution is -0.0820. The molecule has 0 nitrogen and oxygen atoms in total. The number of hydrogen-bond acceptors (Lipinski definition) is 0. The van der Waals surface area contributed by atoms with Crippen molar-refractivity contribution in [1.82, 2.24) is 0 Å². The molecular formula is C34H41F5. The Morgan fingerprint density at radius 1 is 0.795 bits per heavy atom. The average molecular weight is 545 g/mol. The zero-order valence-corrected chi connectivity index (χ0v) is 23.0. The third-order valence-electron chi connectivity index (χ3n) is 8.69. The van der Waals surface area contributed by atoms with E-state index in [-0.39, 0.29) is 17.8 Å². The lowest BCUT2D eigenvalue weighted by Crippen LogP contribution is -2.16. The maximum absolute atomic E-state index is 15.2. The van der Waals surface area contributed by atoms with Gasteiger partial charge in [0, 0.05) is 5.92 Å². The molecule has 0 spiro atoms. The summed E-state index contributed by atoms with van der Waals surface area (Å²) in [6.45, 7) is 2.21. The minimum absolute atomic E-state index is 0.123. The molecule has 5 heteroatoms. The zero-order chi connectivity index (χ0) is 27.8. The molecule has 0 radical (unpaired) electrons. The predicted octanol–water partition coefficient (Wildman–Crippen LogP) is 11.3. The quantitative estimate of drug-likeness (QED) is 0.167. The van der Waals surface area contributed by atoms with E-state index >= 15 is 4.39 Å². The summed E-state index contributed by atoms with van der Waals surface area (Å²) in [7, 11) is 0. The molecule has 0 N–H and O–H groups in total. The first-order chi connectivity index (χ1) is 18.7. The maximum Gasteiger partial charge on any atom is 0.412 e. The Morgan fingerprint density at radius 2 is 1.38 bits per heavy atom. The minimum atomic E-state index is -4.59. The van der Waals surface area contributed by atoms with Crippen LogP contribution in [0.4, 0.5) is 22.0 Å². The normalized spacial score (nSPS) is 24.8. The summed E-state index contributed by atoms with van der Waals surface area (Å²) in [5.74, 6) is -0.792. The number of hydrogen-bond donors (Lipinski definition) is 0. The van der Waals surface area contributed by atoms with Crippen molar-refractivity contribution in [3.05, 3.63) is 83.5 Å². The van der Waals surface area contributed by atoms with Gasteiger partial charge >= 0.3 is 6.18 Å². The van der Waals surface area contributed by atoms with Crippen molar-refractivity contribution in [2.45, 2.75) is 96.1 Å². The van der Waals surface area contributed by atoms with Crippen LogP contribution >= 0.6 is 0 Å². The van der Waals surface area contributed by atoms with E-state index in [1.165, 1.54) is 24.8 Å². The Morgan fingerprint density at radius 3 is 1.95 bits per heavy atom. The summed E-state index contributed by atoms with van der Waals surface area (Å²) in [5.41, 5.74) is 4.09. The van der Waals surface area contributed by atoms with Crippen molar-refractivity contribution >= 4 is 0 Å². The standard InChI is InChI=1S/C34H41F5/c1-2-3-4-5-24-8-14-27(15-9-24)30-20-21-31(32(35)22-30)28-16-10-25(11-17-28)6-7-26-12-18-29(19-13-26)33(36)23-34(37,38)39/h6-9,14-15,20-23,25-26,28-29H,2-5,10-13,16-19H2,1H3. The van der Waals surface area contributed by atoms with Gasteiger partial charge in [-0.3, -0.25) is 0 Å². The molecule has 0 aliphatic heterocycles. The van der Waals surface area contributed by atoms with Gasteiger partial charge in [-0.25, -0.2) is 8.78 Å². The first-order valence-corrected chi connectivity index (χ1v) is 14.7. The van der Waals surface area contributed by atoms with E-state index in [1.807, 2.05) is 12.1 Å². The van der Waals surface area contributed by atoms with Gasteiger partial charge < -0.3 is 0 Å². The highest BCUT2D eigenvalue weighted by molar-refractivity contribution is 5.64. The van der Waals surface area contributed by atoms with Gasteiger partial charge in [-0.1, -0.05) is 68.3 Å². The van der Waals surface area contributed by atoms with Gasteiger partial charge in [0.05, 0.1) is 6.08 Å². The Bertz CT molecular complexity index is 1100. The third-order valence-corrected chi connectivity index (χ3v) is 8.69. The number of unbranched alkanes of at least 4 members (excludes halogenated alkanes) is 2. The SMILES string of the molecule is CCCCCc1ccc(-c2ccc(C3CCC(C=CC4CCC(C(F)=CC(F)(F)F)CC4)CC3)c(F)c2)cc1. The number of benzene rings is 2. The second-order valence-corrected chi connectivity index (χ2v) is 11.6. The van der Waals surface area contributed by atoms with Crippen LogP contribution in [0.5, 0.6) is 0 Å². The van der Waals surface area contributed by atoms with Crippen molar-refractivity contribution in [3.8, 4) is 11.1 Å². The van der Waals surface area contributed by atoms with Gasteiger partial charge in [-0.2, -0.15) is 13.2 Å². The molecule has 4 rings (SSSR count). The molecule has 0 atom stereocenters. The molecule has 0 bridgehead atoms. The summed E-state index contributed by atoms with van der Waals surface area (Å²) in [6.07, 6.45) is 10.6. The van der Waals surface area contributed by atoms with Crippen LogP contribution in [-0.2, 0) is 6.42 Å². The van der Waals surface area contributed by atoms with Crippen molar-refractivity contribution in [3.63, 3.8) is 0 Å². The Labute approximate surface area is 230 Å². The fraction of sp³-hybridized carbons (Fsp3) is 0.529. The van der Waals surface area contributed by atoms with E-state index in [0.29, 0.717) is 24.7 Å². The minimum Gasteiger partial charge on any atom is -0.212 e. The monoisotopic (exact) mass is 544 g/mol.